The molecule has 9 heteroatoms. The fourth-order valence-electron chi connectivity index (χ4n) is 4.83. The van der Waals surface area contributed by atoms with E-state index in [4.69, 9.17) is 9.84 Å². The summed E-state index contributed by atoms with van der Waals surface area (Å²) in [6, 6.07) is 13.0. The lowest BCUT2D eigenvalue weighted by atomic mass is 9.81. The number of aromatic nitrogens is 6. The summed E-state index contributed by atoms with van der Waals surface area (Å²) in [6.07, 6.45) is 4.28. The molecule has 0 spiro atoms. The maximum atomic E-state index is 14.5. The minimum atomic E-state index is -0.729. The molecule has 0 aliphatic heterocycles. The summed E-state index contributed by atoms with van der Waals surface area (Å²) in [5, 5.41) is 13.1. The number of nitrogens with one attached hydrogen (secondary N) is 1. The molecule has 5 aromatic rings. The molecule has 172 valence electrons. The molecule has 1 saturated carbocycles. The number of aromatic amines is 1. The third kappa shape index (κ3) is 3.48. The van der Waals surface area contributed by atoms with Gasteiger partial charge in [0.15, 0.2) is 11.5 Å². The highest BCUT2D eigenvalue weighted by molar-refractivity contribution is 5.74. The summed E-state index contributed by atoms with van der Waals surface area (Å²) < 4.78 is 35.6. The van der Waals surface area contributed by atoms with Crippen LogP contribution in [0.2, 0.25) is 0 Å². The van der Waals surface area contributed by atoms with Crippen molar-refractivity contribution in [3.63, 3.8) is 0 Å². The van der Waals surface area contributed by atoms with Crippen LogP contribution in [0, 0.1) is 11.6 Å². The normalized spacial score (nSPS) is 15.4. The van der Waals surface area contributed by atoms with Crippen molar-refractivity contribution in [2.24, 2.45) is 0 Å². The number of rotatable bonds is 5. The molecule has 3 heterocycles. The Morgan fingerprint density at radius 1 is 1.06 bits per heavy atom. The van der Waals surface area contributed by atoms with E-state index in [0.717, 1.165) is 48.3 Å². The molecule has 1 aliphatic rings. The zero-order chi connectivity index (χ0) is 23.3. The van der Waals surface area contributed by atoms with Gasteiger partial charge in [-0.1, -0.05) is 31.9 Å². The Hall–Kier alpha value is -3.88. The zero-order valence-corrected chi connectivity index (χ0v) is 18.6. The minimum Gasteiger partial charge on any atom is -0.468 e. The first-order valence-electron chi connectivity index (χ1n) is 11.3. The van der Waals surface area contributed by atoms with Gasteiger partial charge in [-0.2, -0.15) is 4.52 Å². The van der Waals surface area contributed by atoms with E-state index in [1.54, 1.807) is 0 Å². The first kappa shape index (κ1) is 20.7. The van der Waals surface area contributed by atoms with Gasteiger partial charge in [-0.3, -0.25) is 0 Å². The largest absolute Gasteiger partial charge is 0.468 e. The van der Waals surface area contributed by atoms with Crippen LogP contribution in [0.4, 0.5) is 8.78 Å². The second-order valence-electron chi connectivity index (χ2n) is 9.04. The first-order chi connectivity index (χ1) is 16.5. The van der Waals surface area contributed by atoms with Crippen LogP contribution in [0.15, 0.2) is 48.5 Å². The van der Waals surface area contributed by atoms with Crippen LogP contribution < -0.4 is 4.74 Å². The Bertz CT molecular complexity index is 1490. The van der Waals surface area contributed by atoms with Crippen molar-refractivity contribution in [2.45, 2.75) is 44.6 Å². The molecule has 3 aromatic heterocycles. The van der Waals surface area contributed by atoms with Crippen LogP contribution in [0.25, 0.3) is 28.1 Å². The molecule has 0 amide bonds. The van der Waals surface area contributed by atoms with Gasteiger partial charge in [0.05, 0.1) is 16.6 Å². The smallest absolute Gasteiger partial charge is 0.236 e. The van der Waals surface area contributed by atoms with E-state index in [1.807, 2.05) is 30.3 Å². The number of fused-ring (bicyclic) bond motifs is 2. The Labute approximate surface area is 193 Å². The van der Waals surface area contributed by atoms with Crippen molar-refractivity contribution in [3.05, 3.63) is 71.6 Å². The number of hydrogen-bond donors (Lipinski definition) is 1. The number of halogens is 2. The molecular weight excluding hydrogens is 438 g/mol. The highest BCUT2D eigenvalue weighted by atomic mass is 19.1. The van der Waals surface area contributed by atoms with Crippen molar-refractivity contribution in [1.82, 2.24) is 29.8 Å². The third-order valence-electron chi connectivity index (χ3n) is 6.67. The van der Waals surface area contributed by atoms with E-state index in [-0.39, 0.29) is 23.4 Å². The van der Waals surface area contributed by atoms with Crippen LogP contribution in [0.3, 0.4) is 0 Å². The second-order valence-corrected chi connectivity index (χ2v) is 9.04. The molecule has 2 aromatic carbocycles. The number of hydrogen-bond acceptors (Lipinski definition) is 5. The summed E-state index contributed by atoms with van der Waals surface area (Å²) in [5.41, 5.74) is 3.24. The third-order valence-corrected chi connectivity index (χ3v) is 6.67. The van der Waals surface area contributed by atoms with Crippen LogP contribution in [-0.4, -0.2) is 29.8 Å². The number of imidazole rings is 1. The fourth-order valence-corrected chi connectivity index (χ4v) is 4.83. The molecule has 0 radical (unpaired) electrons. The van der Waals surface area contributed by atoms with Gasteiger partial charge in [0.2, 0.25) is 5.88 Å². The minimum absolute atomic E-state index is 0.106. The van der Waals surface area contributed by atoms with Gasteiger partial charge < -0.3 is 9.72 Å². The van der Waals surface area contributed by atoms with E-state index in [0.29, 0.717) is 17.4 Å². The molecule has 1 N–H and O–H groups in total. The quantitative estimate of drug-likeness (QED) is 0.382. The molecule has 6 rings (SSSR count). The van der Waals surface area contributed by atoms with E-state index in [2.05, 4.69) is 27.1 Å². The standard InChI is InChI=1S/C25H22F2N6O/c1-25(10-4-5-11-25)17-13-22-30-31-23(16-9-8-15(26)12-18(16)27)33(22)32-24(17)34-14-21-28-19-6-2-3-7-20(19)29-21/h2-3,6-9,12-13H,4-5,10-11,14H2,1H3,(H,28,29). The summed E-state index contributed by atoms with van der Waals surface area (Å²) in [6.45, 7) is 2.40. The lowest BCUT2D eigenvalue weighted by molar-refractivity contribution is 0.270. The number of para-hydroxylation sites is 2. The molecule has 0 unspecified atom stereocenters. The summed E-state index contributed by atoms with van der Waals surface area (Å²) in [4.78, 5) is 7.85. The average molecular weight is 460 g/mol. The van der Waals surface area contributed by atoms with Gasteiger partial charge in [-0.15, -0.1) is 15.3 Å². The lowest BCUT2D eigenvalue weighted by Crippen LogP contribution is -2.20. The Kier molecular flexibility index (Phi) is 4.79. The fraction of sp³-hybridized carbons (Fsp3) is 0.280. The monoisotopic (exact) mass is 460 g/mol. The first-order valence-corrected chi connectivity index (χ1v) is 11.3. The molecule has 0 bridgehead atoms. The van der Waals surface area contributed by atoms with Crippen LogP contribution in [0.1, 0.15) is 44.0 Å². The van der Waals surface area contributed by atoms with Crippen molar-refractivity contribution in [3.8, 4) is 17.3 Å². The van der Waals surface area contributed by atoms with Gasteiger partial charge in [-0.05, 0) is 48.6 Å². The SMILES string of the molecule is CC1(c2cc3nnc(-c4ccc(F)cc4F)n3nc2OCc2nc3ccccc3[nH]2)CCCC1. The predicted molar refractivity (Wildman–Crippen MR) is 122 cm³/mol. The maximum absolute atomic E-state index is 14.5. The van der Waals surface area contributed by atoms with Crippen LogP contribution >= 0.6 is 0 Å². The lowest BCUT2D eigenvalue weighted by Gasteiger charge is -2.25. The Balaban J connectivity index is 1.44. The molecule has 1 aliphatic carbocycles. The van der Waals surface area contributed by atoms with Crippen LogP contribution in [0.5, 0.6) is 5.88 Å². The van der Waals surface area contributed by atoms with Gasteiger partial charge >= 0.3 is 0 Å². The molecule has 7 nitrogen and oxygen atoms in total. The van der Waals surface area contributed by atoms with Gasteiger partial charge in [-0.25, -0.2) is 13.8 Å². The van der Waals surface area contributed by atoms with Crippen molar-refractivity contribution in [1.29, 1.82) is 0 Å². The predicted octanol–water partition coefficient (Wildman–Crippen LogP) is 5.36. The Morgan fingerprint density at radius 2 is 1.88 bits per heavy atom. The van der Waals surface area contributed by atoms with Crippen molar-refractivity contribution < 1.29 is 13.5 Å². The second kappa shape index (κ2) is 7.86. The number of benzene rings is 2. The maximum Gasteiger partial charge on any atom is 0.236 e. The summed E-state index contributed by atoms with van der Waals surface area (Å²) >= 11 is 0. The number of nitrogens with zero attached hydrogens (tertiary/aromatic N) is 5. The molecule has 0 atom stereocenters. The van der Waals surface area contributed by atoms with E-state index in [9.17, 15) is 8.78 Å². The average Bonchev–Trinajstić information content (AvgIpc) is 3.55. The van der Waals surface area contributed by atoms with Gasteiger partial charge in [0, 0.05) is 11.6 Å². The van der Waals surface area contributed by atoms with E-state index in [1.165, 1.54) is 16.6 Å². The van der Waals surface area contributed by atoms with Gasteiger partial charge in [0.25, 0.3) is 0 Å². The molecule has 34 heavy (non-hydrogen) atoms. The highest BCUT2D eigenvalue weighted by Crippen LogP contribution is 2.44. The van der Waals surface area contributed by atoms with Gasteiger partial charge in [0.1, 0.15) is 24.1 Å². The molecular formula is C25H22F2N6O. The highest BCUT2D eigenvalue weighted by Gasteiger charge is 2.35. The molecule has 0 saturated heterocycles. The van der Waals surface area contributed by atoms with Crippen molar-refractivity contribution >= 4 is 16.7 Å². The number of ether oxygens (including phenoxy) is 1. The van der Waals surface area contributed by atoms with E-state index >= 15 is 0 Å². The van der Waals surface area contributed by atoms with Crippen molar-refractivity contribution in [2.75, 3.05) is 0 Å². The Morgan fingerprint density at radius 3 is 2.68 bits per heavy atom. The zero-order valence-electron chi connectivity index (χ0n) is 18.6. The topological polar surface area (TPSA) is 81.0 Å². The number of H-pyrrole nitrogens is 1. The summed E-state index contributed by atoms with van der Waals surface area (Å²) in [5.74, 6) is -0.0914. The molecule has 1 fully saturated rings. The summed E-state index contributed by atoms with van der Waals surface area (Å²) in [7, 11) is 0. The van der Waals surface area contributed by atoms with E-state index < -0.39 is 11.6 Å². The van der Waals surface area contributed by atoms with Crippen LogP contribution in [-0.2, 0) is 12.0 Å².